The molecule has 1 aliphatic rings. The van der Waals surface area contributed by atoms with Gasteiger partial charge in [-0.1, -0.05) is 12.1 Å². The van der Waals surface area contributed by atoms with E-state index in [1.165, 1.54) is 16.4 Å². The van der Waals surface area contributed by atoms with Gasteiger partial charge in [0.15, 0.2) is 0 Å². The molecule has 9 heteroatoms. The lowest BCUT2D eigenvalue weighted by Gasteiger charge is -2.26. The maximum Gasteiger partial charge on any atom is 0.309 e. The molecular formula is C17H24N2O6S. The third-order valence-electron chi connectivity index (χ3n) is 4.33. The van der Waals surface area contributed by atoms with Crippen molar-refractivity contribution in [3.63, 3.8) is 0 Å². The summed E-state index contributed by atoms with van der Waals surface area (Å²) < 4.78 is 32.2. The summed E-state index contributed by atoms with van der Waals surface area (Å²) in [6.07, 6.45) is 0.229. The molecule has 1 aromatic carbocycles. The van der Waals surface area contributed by atoms with Gasteiger partial charge in [0.25, 0.3) is 5.91 Å². The van der Waals surface area contributed by atoms with Crippen molar-refractivity contribution in [2.45, 2.75) is 25.2 Å². The summed E-state index contributed by atoms with van der Waals surface area (Å²) in [6.45, 7) is 4.38. The summed E-state index contributed by atoms with van der Waals surface area (Å²) >= 11 is 0. The number of sulfonamides is 1. The average molecular weight is 384 g/mol. The van der Waals surface area contributed by atoms with Crippen molar-refractivity contribution in [1.29, 1.82) is 0 Å². The first-order valence-corrected chi connectivity index (χ1v) is 9.79. The van der Waals surface area contributed by atoms with Crippen LogP contribution in [0.1, 0.15) is 30.6 Å². The molecule has 0 unspecified atom stereocenters. The molecule has 26 heavy (non-hydrogen) atoms. The van der Waals surface area contributed by atoms with E-state index in [1.807, 2.05) is 0 Å². The molecule has 0 bridgehead atoms. The molecule has 0 saturated carbocycles. The SMILES string of the molecule is CC(C)(CCNC(=O)c1ccccc1S(=O)(=O)N1CCOCC1)C(=O)O. The number of ether oxygens (including phenoxy) is 1. The molecule has 1 saturated heterocycles. The second-order valence-electron chi connectivity index (χ2n) is 6.71. The van der Waals surface area contributed by atoms with Crippen molar-refractivity contribution < 1.29 is 27.9 Å². The Kier molecular flexibility index (Phi) is 6.38. The molecule has 0 aliphatic carbocycles. The Morgan fingerprint density at radius 2 is 1.85 bits per heavy atom. The van der Waals surface area contributed by atoms with Gasteiger partial charge in [-0.15, -0.1) is 0 Å². The molecule has 144 valence electrons. The van der Waals surface area contributed by atoms with Gasteiger partial charge in [-0.25, -0.2) is 8.42 Å². The van der Waals surface area contributed by atoms with E-state index in [-0.39, 0.29) is 36.5 Å². The van der Waals surface area contributed by atoms with E-state index in [2.05, 4.69) is 5.32 Å². The van der Waals surface area contributed by atoms with Gasteiger partial charge in [-0.05, 0) is 32.4 Å². The van der Waals surface area contributed by atoms with E-state index < -0.39 is 27.3 Å². The number of rotatable bonds is 7. The number of carboxylic acids is 1. The highest BCUT2D eigenvalue weighted by Crippen LogP contribution is 2.22. The summed E-state index contributed by atoms with van der Waals surface area (Å²) in [6, 6.07) is 6.01. The van der Waals surface area contributed by atoms with Crippen LogP contribution in [0.25, 0.3) is 0 Å². The fourth-order valence-corrected chi connectivity index (χ4v) is 4.09. The Bertz CT molecular complexity index is 769. The second-order valence-corrected chi connectivity index (χ2v) is 8.61. The van der Waals surface area contributed by atoms with Crippen LogP contribution in [0.5, 0.6) is 0 Å². The molecule has 2 N–H and O–H groups in total. The fourth-order valence-electron chi connectivity index (χ4n) is 2.50. The Hall–Kier alpha value is -1.97. The summed E-state index contributed by atoms with van der Waals surface area (Å²) in [5.74, 6) is -1.50. The van der Waals surface area contributed by atoms with E-state index in [4.69, 9.17) is 9.84 Å². The summed E-state index contributed by atoms with van der Waals surface area (Å²) in [7, 11) is -3.81. The molecule has 1 fully saturated rings. The highest BCUT2D eigenvalue weighted by atomic mass is 32.2. The summed E-state index contributed by atoms with van der Waals surface area (Å²) in [4.78, 5) is 23.5. The standard InChI is InChI=1S/C17H24N2O6S/c1-17(2,16(21)22)7-8-18-15(20)13-5-3-4-6-14(13)26(23,24)19-9-11-25-12-10-19/h3-6H,7-12H2,1-2H3,(H,18,20)(H,21,22). The lowest BCUT2D eigenvalue weighted by Crippen LogP contribution is -2.41. The monoisotopic (exact) mass is 384 g/mol. The summed E-state index contributed by atoms with van der Waals surface area (Å²) in [5, 5.41) is 11.7. The fraction of sp³-hybridized carbons (Fsp3) is 0.529. The highest BCUT2D eigenvalue weighted by molar-refractivity contribution is 7.89. The van der Waals surface area contributed by atoms with Gasteiger partial charge < -0.3 is 15.2 Å². The minimum Gasteiger partial charge on any atom is -0.481 e. The minimum absolute atomic E-state index is 0.0483. The van der Waals surface area contributed by atoms with E-state index >= 15 is 0 Å². The normalized spacial score (nSPS) is 16.2. The summed E-state index contributed by atoms with van der Waals surface area (Å²) in [5.41, 5.74) is -0.931. The zero-order valence-corrected chi connectivity index (χ0v) is 15.7. The molecule has 1 heterocycles. The molecule has 1 aliphatic heterocycles. The average Bonchev–Trinajstić information content (AvgIpc) is 2.62. The number of benzene rings is 1. The lowest BCUT2D eigenvalue weighted by molar-refractivity contribution is -0.147. The van der Waals surface area contributed by atoms with Crippen LogP contribution in [-0.4, -0.2) is 62.6 Å². The van der Waals surface area contributed by atoms with Crippen molar-refractivity contribution in [3.05, 3.63) is 29.8 Å². The van der Waals surface area contributed by atoms with Crippen LogP contribution in [0.2, 0.25) is 0 Å². The number of nitrogens with one attached hydrogen (secondary N) is 1. The van der Waals surface area contributed by atoms with Crippen LogP contribution in [0.4, 0.5) is 0 Å². The van der Waals surface area contributed by atoms with Crippen LogP contribution in [-0.2, 0) is 19.6 Å². The third-order valence-corrected chi connectivity index (χ3v) is 6.29. The predicted octanol–water partition coefficient (Wildman–Crippen LogP) is 0.938. The van der Waals surface area contributed by atoms with E-state index in [9.17, 15) is 18.0 Å². The van der Waals surface area contributed by atoms with Crippen LogP contribution in [0, 0.1) is 5.41 Å². The molecule has 1 amide bonds. The minimum atomic E-state index is -3.81. The van der Waals surface area contributed by atoms with E-state index in [1.54, 1.807) is 26.0 Å². The highest BCUT2D eigenvalue weighted by Gasteiger charge is 2.30. The number of carboxylic acid groups (broad SMARTS) is 1. The first-order chi connectivity index (χ1) is 12.2. The lowest BCUT2D eigenvalue weighted by atomic mass is 9.90. The molecule has 0 aromatic heterocycles. The third kappa shape index (κ3) is 4.60. The molecule has 2 rings (SSSR count). The number of morpholine rings is 1. The van der Waals surface area contributed by atoms with E-state index in [0.717, 1.165) is 0 Å². The van der Waals surface area contributed by atoms with E-state index in [0.29, 0.717) is 13.2 Å². The van der Waals surface area contributed by atoms with Crippen molar-refractivity contribution in [3.8, 4) is 0 Å². The van der Waals surface area contributed by atoms with Gasteiger partial charge >= 0.3 is 5.97 Å². The predicted molar refractivity (Wildman–Crippen MR) is 94.4 cm³/mol. The number of nitrogens with zero attached hydrogens (tertiary/aromatic N) is 1. The van der Waals surface area contributed by atoms with Gasteiger partial charge in [0.1, 0.15) is 0 Å². The molecule has 0 atom stereocenters. The zero-order valence-electron chi connectivity index (χ0n) is 14.9. The van der Waals surface area contributed by atoms with Gasteiger partial charge in [-0.2, -0.15) is 4.31 Å². The molecule has 0 spiro atoms. The maximum atomic E-state index is 12.8. The van der Waals surface area contributed by atoms with Crippen LogP contribution < -0.4 is 5.32 Å². The Balaban J connectivity index is 2.15. The van der Waals surface area contributed by atoms with Crippen LogP contribution >= 0.6 is 0 Å². The Morgan fingerprint density at radius 3 is 2.46 bits per heavy atom. The number of carbonyl (C=O) groups is 2. The topological polar surface area (TPSA) is 113 Å². The first-order valence-electron chi connectivity index (χ1n) is 8.35. The van der Waals surface area contributed by atoms with Crippen LogP contribution in [0.3, 0.4) is 0 Å². The molecule has 0 radical (unpaired) electrons. The zero-order chi connectivity index (χ0) is 19.4. The Labute approximate surface area is 153 Å². The smallest absolute Gasteiger partial charge is 0.309 e. The van der Waals surface area contributed by atoms with Crippen molar-refractivity contribution in [2.75, 3.05) is 32.8 Å². The second kappa shape index (κ2) is 8.15. The van der Waals surface area contributed by atoms with Crippen molar-refractivity contribution in [1.82, 2.24) is 9.62 Å². The van der Waals surface area contributed by atoms with Crippen molar-refractivity contribution >= 4 is 21.9 Å². The first kappa shape index (κ1) is 20.3. The van der Waals surface area contributed by atoms with Gasteiger partial charge in [0, 0.05) is 19.6 Å². The van der Waals surface area contributed by atoms with Gasteiger partial charge in [0.05, 0.1) is 29.1 Å². The quantitative estimate of drug-likeness (QED) is 0.723. The molecular weight excluding hydrogens is 360 g/mol. The van der Waals surface area contributed by atoms with Crippen LogP contribution in [0.15, 0.2) is 29.2 Å². The number of aliphatic carboxylic acids is 1. The number of carbonyl (C=O) groups excluding carboxylic acids is 1. The number of hydrogen-bond donors (Lipinski definition) is 2. The van der Waals surface area contributed by atoms with Gasteiger partial charge in [-0.3, -0.25) is 9.59 Å². The molecule has 8 nitrogen and oxygen atoms in total. The largest absolute Gasteiger partial charge is 0.481 e. The van der Waals surface area contributed by atoms with Gasteiger partial charge in [0.2, 0.25) is 10.0 Å². The number of amides is 1. The van der Waals surface area contributed by atoms with Crippen molar-refractivity contribution in [2.24, 2.45) is 5.41 Å². The maximum absolute atomic E-state index is 12.8. The molecule has 1 aromatic rings. The number of hydrogen-bond acceptors (Lipinski definition) is 5. The Morgan fingerprint density at radius 1 is 1.23 bits per heavy atom.